The number of rotatable bonds is 4. The van der Waals surface area contributed by atoms with Gasteiger partial charge in [-0.25, -0.2) is 4.98 Å². The zero-order valence-corrected chi connectivity index (χ0v) is 14.4. The first kappa shape index (κ1) is 16.6. The van der Waals surface area contributed by atoms with Crippen LogP contribution in [-0.2, 0) is 6.54 Å². The molecule has 0 radical (unpaired) electrons. The highest BCUT2D eigenvalue weighted by molar-refractivity contribution is 7.09. The van der Waals surface area contributed by atoms with E-state index < -0.39 is 5.91 Å². The number of benzene rings is 1. The van der Waals surface area contributed by atoms with E-state index in [1.54, 1.807) is 35.6 Å². The minimum absolute atomic E-state index is 0.0535. The molecule has 1 aromatic carbocycles. The first-order valence-electron chi connectivity index (χ1n) is 7.85. The molecule has 1 aromatic heterocycles. The van der Waals surface area contributed by atoms with E-state index in [2.05, 4.69) is 15.3 Å². The van der Waals surface area contributed by atoms with E-state index in [0.717, 1.165) is 30.3 Å². The maximum Gasteiger partial charge on any atom is 0.253 e. The lowest BCUT2D eigenvalue weighted by atomic mass is 10.1. The number of hydrogen-bond acceptors (Lipinski definition) is 5. The number of aryl methyl sites for hydroxylation is 1. The van der Waals surface area contributed by atoms with Crippen molar-refractivity contribution in [3.63, 3.8) is 0 Å². The third-order valence-electron chi connectivity index (χ3n) is 4.11. The minimum Gasteiger partial charge on any atom is -0.366 e. The van der Waals surface area contributed by atoms with Crippen molar-refractivity contribution in [3.05, 3.63) is 51.5 Å². The summed E-state index contributed by atoms with van der Waals surface area (Å²) in [6.07, 6.45) is 0. The molecule has 2 amide bonds. The van der Waals surface area contributed by atoms with Gasteiger partial charge in [-0.1, -0.05) is 6.07 Å². The van der Waals surface area contributed by atoms with Gasteiger partial charge in [0.15, 0.2) is 0 Å². The van der Waals surface area contributed by atoms with E-state index in [1.165, 1.54) is 0 Å². The normalized spacial score (nSPS) is 15.5. The molecule has 1 fully saturated rings. The Morgan fingerprint density at radius 2 is 1.92 bits per heavy atom. The molecule has 2 aromatic rings. The van der Waals surface area contributed by atoms with Gasteiger partial charge in [-0.3, -0.25) is 14.5 Å². The van der Waals surface area contributed by atoms with E-state index in [0.29, 0.717) is 24.2 Å². The predicted molar refractivity (Wildman–Crippen MR) is 93.0 cm³/mol. The number of primary amides is 1. The highest BCUT2D eigenvalue weighted by Gasteiger charge is 2.23. The number of piperazine rings is 1. The van der Waals surface area contributed by atoms with Crippen molar-refractivity contribution in [3.8, 4) is 0 Å². The van der Waals surface area contributed by atoms with E-state index >= 15 is 0 Å². The maximum absolute atomic E-state index is 12.6. The first-order valence-corrected chi connectivity index (χ1v) is 8.73. The molecule has 126 valence electrons. The van der Waals surface area contributed by atoms with Crippen LogP contribution in [0.5, 0.6) is 0 Å². The second kappa shape index (κ2) is 7.11. The average molecular weight is 344 g/mol. The molecule has 1 aliphatic rings. The lowest BCUT2D eigenvalue weighted by molar-refractivity contribution is 0.0627. The molecule has 3 rings (SSSR count). The van der Waals surface area contributed by atoms with Gasteiger partial charge in [-0.05, 0) is 25.1 Å². The van der Waals surface area contributed by atoms with Gasteiger partial charge < -0.3 is 10.6 Å². The SMILES string of the molecule is Cc1nc(CN2CCN(C(=O)c3cccc(C(N)=O)c3)CC2)cs1. The van der Waals surface area contributed by atoms with Crippen LogP contribution in [0.15, 0.2) is 29.6 Å². The standard InChI is InChI=1S/C17H20N4O2S/c1-12-19-15(11-24-12)10-20-5-7-21(8-6-20)17(23)14-4-2-3-13(9-14)16(18)22/h2-4,9,11H,5-8,10H2,1H3,(H2,18,22). The van der Waals surface area contributed by atoms with E-state index in [9.17, 15) is 9.59 Å². The Hall–Kier alpha value is -2.25. The van der Waals surface area contributed by atoms with Crippen molar-refractivity contribution in [2.45, 2.75) is 13.5 Å². The fraction of sp³-hybridized carbons (Fsp3) is 0.353. The molecule has 0 unspecified atom stereocenters. The Morgan fingerprint density at radius 3 is 2.54 bits per heavy atom. The van der Waals surface area contributed by atoms with Crippen LogP contribution in [0, 0.1) is 6.92 Å². The van der Waals surface area contributed by atoms with Crippen LogP contribution >= 0.6 is 11.3 Å². The molecule has 0 aliphatic carbocycles. The Morgan fingerprint density at radius 1 is 1.21 bits per heavy atom. The summed E-state index contributed by atoms with van der Waals surface area (Å²) >= 11 is 1.66. The molecule has 0 atom stereocenters. The summed E-state index contributed by atoms with van der Waals surface area (Å²) in [5.41, 5.74) is 7.24. The highest BCUT2D eigenvalue weighted by atomic mass is 32.1. The van der Waals surface area contributed by atoms with Crippen LogP contribution in [0.3, 0.4) is 0 Å². The summed E-state index contributed by atoms with van der Waals surface area (Å²) in [5, 5.41) is 3.16. The second-order valence-electron chi connectivity index (χ2n) is 5.87. The van der Waals surface area contributed by atoms with E-state index in [-0.39, 0.29) is 5.91 Å². The van der Waals surface area contributed by atoms with Gasteiger partial charge in [0.05, 0.1) is 10.7 Å². The van der Waals surface area contributed by atoms with Gasteiger partial charge in [-0.15, -0.1) is 11.3 Å². The Bertz CT molecular complexity index is 751. The third kappa shape index (κ3) is 3.80. The lowest BCUT2D eigenvalue weighted by Crippen LogP contribution is -2.48. The Balaban J connectivity index is 1.59. The molecular formula is C17H20N4O2S. The molecule has 0 spiro atoms. The Labute approximate surface area is 144 Å². The summed E-state index contributed by atoms with van der Waals surface area (Å²) in [6.45, 7) is 5.80. The maximum atomic E-state index is 12.6. The van der Waals surface area contributed by atoms with Crippen LogP contribution in [0.4, 0.5) is 0 Å². The molecule has 0 saturated carbocycles. The molecule has 7 heteroatoms. The molecule has 1 saturated heterocycles. The monoisotopic (exact) mass is 344 g/mol. The van der Waals surface area contributed by atoms with Crippen molar-refractivity contribution >= 4 is 23.2 Å². The third-order valence-corrected chi connectivity index (χ3v) is 4.93. The summed E-state index contributed by atoms with van der Waals surface area (Å²) < 4.78 is 0. The minimum atomic E-state index is -0.520. The van der Waals surface area contributed by atoms with Crippen molar-refractivity contribution < 1.29 is 9.59 Å². The number of nitrogens with zero attached hydrogens (tertiary/aromatic N) is 3. The van der Waals surface area contributed by atoms with Crippen molar-refractivity contribution in [1.82, 2.24) is 14.8 Å². The number of amides is 2. The van der Waals surface area contributed by atoms with Crippen LogP contribution in [-0.4, -0.2) is 52.8 Å². The van der Waals surface area contributed by atoms with Gasteiger partial charge >= 0.3 is 0 Å². The van der Waals surface area contributed by atoms with E-state index in [4.69, 9.17) is 5.73 Å². The number of aromatic nitrogens is 1. The topological polar surface area (TPSA) is 79.5 Å². The molecule has 0 bridgehead atoms. The van der Waals surface area contributed by atoms with Crippen LogP contribution in [0.2, 0.25) is 0 Å². The van der Waals surface area contributed by atoms with Gasteiger partial charge in [0.2, 0.25) is 5.91 Å². The molecular weight excluding hydrogens is 324 g/mol. The summed E-state index contributed by atoms with van der Waals surface area (Å²) in [4.78, 5) is 32.5. The van der Waals surface area contributed by atoms with Crippen molar-refractivity contribution in [2.75, 3.05) is 26.2 Å². The zero-order chi connectivity index (χ0) is 17.1. The van der Waals surface area contributed by atoms with Gasteiger partial charge in [0.25, 0.3) is 5.91 Å². The largest absolute Gasteiger partial charge is 0.366 e. The summed E-state index contributed by atoms with van der Waals surface area (Å²) in [6, 6.07) is 6.59. The molecule has 1 aliphatic heterocycles. The quantitative estimate of drug-likeness (QED) is 0.912. The molecule has 2 heterocycles. The average Bonchev–Trinajstić information content (AvgIpc) is 3.00. The Kier molecular flexibility index (Phi) is 4.92. The number of carbonyl (C=O) groups excluding carboxylic acids is 2. The van der Waals surface area contributed by atoms with Crippen molar-refractivity contribution in [2.24, 2.45) is 5.73 Å². The van der Waals surface area contributed by atoms with Gasteiger partial charge in [-0.2, -0.15) is 0 Å². The van der Waals surface area contributed by atoms with Crippen LogP contribution in [0.25, 0.3) is 0 Å². The summed E-state index contributed by atoms with van der Waals surface area (Å²) in [5.74, 6) is -0.574. The first-order chi connectivity index (χ1) is 11.5. The number of nitrogens with two attached hydrogens (primary N) is 1. The molecule has 6 nitrogen and oxygen atoms in total. The van der Waals surface area contributed by atoms with Crippen LogP contribution in [0.1, 0.15) is 31.4 Å². The van der Waals surface area contributed by atoms with E-state index in [1.807, 2.05) is 11.8 Å². The van der Waals surface area contributed by atoms with Gasteiger partial charge in [0.1, 0.15) is 0 Å². The zero-order valence-electron chi connectivity index (χ0n) is 13.6. The number of thiazole rings is 1. The fourth-order valence-electron chi connectivity index (χ4n) is 2.81. The number of hydrogen-bond donors (Lipinski definition) is 1. The van der Waals surface area contributed by atoms with Gasteiger partial charge in [0, 0.05) is 49.2 Å². The fourth-order valence-corrected chi connectivity index (χ4v) is 3.41. The lowest BCUT2D eigenvalue weighted by Gasteiger charge is -2.34. The number of carbonyl (C=O) groups is 2. The smallest absolute Gasteiger partial charge is 0.253 e. The second-order valence-corrected chi connectivity index (χ2v) is 6.93. The predicted octanol–water partition coefficient (Wildman–Crippen LogP) is 1.51. The molecule has 2 N–H and O–H groups in total. The highest BCUT2D eigenvalue weighted by Crippen LogP contribution is 2.14. The van der Waals surface area contributed by atoms with Crippen molar-refractivity contribution in [1.29, 1.82) is 0 Å². The summed E-state index contributed by atoms with van der Waals surface area (Å²) in [7, 11) is 0. The van der Waals surface area contributed by atoms with Crippen LogP contribution < -0.4 is 5.73 Å². The molecule has 24 heavy (non-hydrogen) atoms.